The van der Waals surface area contributed by atoms with Gasteiger partial charge in [-0.25, -0.2) is 0 Å². The Balaban J connectivity index is 1.32. The largest absolute Gasteiger partial charge is 0.390 e. The van der Waals surface area contributed by atoms with Crippen molar-refractivity contribution in [1.82, 2.24) is 19.6 Å². The van der Waals surface area contributed by atoms with Crippen LogP contribution in [0.4, 0.5) is 0 Å². The van der Waals surface area contributed by atoms with E-state index in [2.05, 4.69) is 141 Å². The zero-order chi connectivity index (χ0) is 33.1. The summed E-state index contributed by atoms with van der Waals surface area (Å²) in [4.78, 5) is 9.78. The molecule has 1 N–H and O–H groups in total. The van der Waals surface area contributed by atoms with E-state index >= 15 is 0 Å². The highest BCUT2D eigenvalue weighted by atomic mass is 16.5. The molecule has 0 saturated carbocycles. The number of β-amino-alcohol motifs (C(OH)–C–C–N with tert-alkyl or cyclic N) is 1. The molecular formula is C41H54N4O3. The van der Waals surface area contributed by atoms with E-state index in [1.54, 1.807) is 0 Å². The Kier molecular flexibility index (Phi) is 15.6. The van der Waals surface area contributed by atoms with Crippen molar-refractivity contribution in [2.45, 2.75) is 32.3 Å². The molecule has 1 fully saturated rings. The monoisotopic (exact) mass is 650 g/mol. The molecule has 7 nitrogen and oxygen atoms in total. The molecule has 0 spiro atoms. The second-order valence-corrected chi connectivity index (χ2v) is 12.8. The molecule has 0 unspecified atom stereocenters. The minimum Gasteiger partial charge on any atom is -0.390 e. The van der Waals surface area contributed by atoms with Crippen LogP contribution in [0.1, 0.15) is 22.3 Å². The van der Waals surface area contributed by atoms with Gasteiger partial charge in [-0.05, 0) is 22.3 Å². The molecule has 0 aliphatic carbocycles. The van der Waals surface area contributed by atoms with Crippen molar-refractivity contribution in [3.8, 4) is 0 Å². The van der Waals surface area contributed by atoms with Crippen LogP contribution >= 0.6 is 0 Å². The Hall–Kier alpha value is -3.40. The zero-order valence-electron chi connectivity index (χ0n) is 28.5. The van der Waals surface area contributed by atoms with Crippen molar-refractivity contribution in [3.63, 3.8) is 0 Å². The first-order chi connectivity index (χ1) is 23.7. The summed E-state index contributed by atoms with van der Waals surface area (Å²) in [5, 5.41) is 11.7. The molecule has 0 amide bonds. The molecule has 1 saturated heterocycles. The maximum Gasteiger partial charge on any atom is 0.0794 e. The molecule has 4 aromatic carbocycles. The Labute approximate surface area is 288 Å². The van der Waals surface area contributed by atoms with Gasteiger partial charge in [-0.15, -0.1) is 0 Å². The van der Waals surface area contributed by atoms with Crippen LogP contribution < -0.4 is 0 Å². The van der Waals surface area contributed by atoms with Crippen LogP contribution in [-0.4, -0.2) is 110 Å². The molecule has 1 aliphatic rings. The lowest BCUT2D eigenvalue weighted by molar-refractivity contribution is 0.0284. The number of aliphatic hydroxyl groups excluding tert-OH is 1. The summed E-state index contributed by atoms with van der Waals surface area (Å²) in [6.45, 7) is 12.2. The highest BCUT2D eigenvalue weighted by Crippen LogP contribution is 2.12. The molecule has 1 heterocycles. The normalized spacial score (nSPS) is 18.5. The third-order valence-electron chi connectivity index (χ3n) is 8.87. The van der Waals surface area contributed by atoms with Crippen LogP contribution in [0.25, 0.3) is 0 Å². The minimum absolute atomic E-state index is 0.490. The van der Waals surface area contributed by atoms with Gasteiger partial charge in [0.05, 0.1) is 32.5 Å². The number of nitrogens with zero attached hydrogens (tertiary/aromatic N) is 4. The predicted octanol–water partition coefficient (Wildman–Crippen LogP) is 5.40. The van der Waals surface area contributed by atoms with E-state index in [1.165, 1.54) is 22.3 Å². The molecule has 256 valence electrons. The van der Waals surface area contributed by atoms with Crippen LogP contribution in [0, 0.1) is 0 Å². The van der Waals surface area contributed by atoms with Gasteiger partial charge in [-0.3, -0.25) is 19.6 Å². The molecule has 0 bridgehead atoms. The van der Waals surface area contributed by atoms with E-state index < -0.39 is 6.10 Å². The second-order valence-electron chi connectivity index (χ2n) is 12.8. The van der Waals surface area contributed by atoms with Gasteiger partial charge in [-0.1, -0.05) is 121 Å². The molecule has 0 aromatic heterocycles. The highest BCUT2D eigenvalue weighted by molar-refractivity contribution is 5.17. The Bertz CT molecular complexity index is 1270. The third-order valence-corrected chi connectivity index (χ3v) is 8.87. The van der Waals surface area contributed by atoms with E-state index in [9.17, 15) is 5.11 Å². The van der Waals surface area contributed by atoms with E-state index in [1.807, 2.05) is 0 Å². The summed E-state index contributed by atoms with van der Waals surface area (Å²) in [5.41, 5.74) is 5.12. The Morgan fingerprint density at radius 2 is 0.688 bits per heavy atom. The summed E-state index contributed by atoms with van der Waals surface area (Å²) in [7, 11) is 0. The summed E-state index contributed by atoms with van der Waals surface area (Å²) >= 11 is 0. The van der Waals surface area contributed by atoms with Gasteiger partial charge < -0.3 is 14.6 Å². The molecule has 0 atom stereocenters. The number of hydrogen-bond donors (Lipinski definition) is 1. The van der Waals surface area contributed by atoms with Gasteiger partial charge in [0.1, 0.15) is 0 Å². The molecule has 1 aliphatic heterocycles. The first kappa shape index (κ1) is 35.9. The minimum atomic E-state index is -0.490. The van der Waals surface area contributed by atoms with Crippen LogP contribution in [-0.2, 0) is 35.7 Å². The molecule has 7 heteroatoms. The Morgan fingerprint density at radius 3 is 1.02 bits per heavy atom. The molecule has 0 radical (unpaired) electrons. The molecule has 4 aromatic rings. The van der Waals surface area contributed by atoms with Gasteiger partial charge in [0.15, 0.2) is 0 Å². The SMILES string of the molecule is OC1CN(Cc2ccccc2)CCN(Cc2ccccc2)CCOCCOCCN(Cc2ccccc2)CCN(Cc2ccccc2)C1. The number of aliphatic hydroxyl groups is 1. The van der Waals surface area contributed by atoms with Crippen molar-refractivity contribution in [2.75, 3.05) is 78.8 Å². The van der Waals surface area contributed by atoms with Gasteiger partial charge in [-0.2, -0.15) is 0 Å². The predicted molar refractivity (Wildman–Crippen MR) is 195 cm³/mol. The zero-order valence-corrected chi connectivity index (χ0v) is 28.5. The van der Waals surface area contributed by atoms with Crippen LogP contribution in [0.15, 0.2) is 121 Å². The molecule has 5 rings (SSSR count). The van der Waals surface area contributed by atoms with Crippen LogP contribution in [0.3, 0.4) is 0 Å². The van der Waals surface area contributed by atoms with Gasteiger partial charge in [0.2, 0.25) is 0 Å². The van der Waals surface area contributed by atoms with Crippen molar-refractivity contribution in [1.29, 1.82) is 0 Å². The van der Waals surface area contributed by atoms with Gasteiger partial charge >= 0.3 is 0 Å². The van der Waals surface area contributed by atoms with Crippen molar-refractivity contribution in [2.24, 2.45) is 0 Å². The number of ether oxygens (including phenoxy) is 2. The average Bonchev–Trinajstić information content (AvgIpc) is 3.11. The van der Waals surface area contributed by atoms with E-state index in [0.717, 1.165) is 65.4 Å². The van der Waals surface area contributed by atoms with E-state index in [0.29, 0.717) is 39.5 Å². The first-order valence-corrected chi connectivity index (χ1v) is 17.6. The van der Waals surface area contributed by atoms with Crippen molar-refractivity contribution in [3.05, 3.63) is 144 Å². The smallest absolute Gasteiger partial charge is 0.0794 e. The Morgan fingerprint density at radius 1 is 0.396 bits per heavy atom. The maximum absolute atomic E-state index is 11.7. The number of rotatable bonds is 8. The van der Waals surface area contributed by atoms with Gasteiger partial charge in [0, 0.05) is 78.5 Å². The van der Waals surface area contributed by atoms with Crippen LogP contribution in [0.5, 0.6) is 0 Å². The quantitative estimate of drug-likeness (QED) is 0.274. The summed E-state index contributed by atoms with van der Waals surface area (Å²) in [6.07, 6.45) is -0.490. The highest BCUT2D eigenvalue weighted by Gasteiger charge is 2.19. The fraction of sp³-hybridized carbons (Fsp3) is 0.415. The standard InChI is InChI=1S/C41H54N4O3/c46-41-35-44(33-39-17-9-3-10-18-39)23-21-42(31-37-13-5-1-6-14-37)25-27-47-29-30-48-28-26-43(32-38-15-7-2-8-16-38)22-24-45(36-41)34-40-19-11-4-12-20-40/h1-20,41,46H,21-36H2. The number of benzene rings is 4. The molecule has 48 heavy (non-hydrogen) atoms. The fourth-order valence-corrected chi connectivity index (χ4v) is 6.30. The summed E-state index contributed by atoms with van der Waals surface area (Å²) in [6, 6.07) is 42.6. The van der Waals surface area contributed by atoms with Crippen molar-refractivity contribution < 1.29 is 14.6 Å². The fourth-order valence-electron chi connectivity index (χ4n) is 6.30. The van der Waals surface area contributed by atoms with E-state index in [-0.39, 0.29) is 0 Å². The lowest BCUT2D eigenvalue weighted by Gasteiger charge is -2.32. The third kappa shape index (κ3) is 13.6. The van der Waals surface area contributed by atoms with Gasteiger partial charge in [0.25, 0.3) is 0 Å². The topological polar surface area (TPSA) is 51.7 Å². The summed E-state index contributed by atoms with van der Waals surface area (Å²) in [5.74, 6) is 0. The van der Waals surface area contributed by atoms with E-state index in [4.69, 9.17) is 9.47 Å². The second kappa shape index (κ2) is 20.9. The average molecular weight is 651 g/mol. The first-order valence-electron chi connectivity index (χ1n) is 17.6. The number of hydrogen-bond acceptors (Lipinski definition) is 7. The van der Waals surface area contributed by atoms with Crippen LogP contribution in [0.2, 0.25) is 0 Å². The lowest BCUT2D eigenvalue weighted by Crippen LogP contribution is -2.44. The molecular weight excluding hydrogens is 596 g/mol. The van der Waals surface area contributed by atoms with Crippen molar-refractivity contribution >= 4 is 0 Å². The maximum atomic E-state index is 11.7. The summed E-state index contributed by atoms with van der Waals surface area (Å²) < 4.78 is 12.1. The lowest BCUT2D eigenvalue weighted by atomic mass is 10.1.